The molecule has 0 N–H and O–H groups in total. The van der Waals surface area contributed by atoms with E-state index in [1.807, 2.05) is 24.3 Å². The molecule has 0 atom stereocenters. The number of hydrogen-bond acceptors (Lipinski definition) is 4. The van der Waals surface area contributed by atoms with Gasteiger partial charge in [-0.25, -0.2) is 8.78 Å². The maximum atomic E-state index is 14.8. The molecule has 0 aromatic heterocycles. The van der Waals surface area contributed by atoms with Crippen molar-refractivity contribution in [3.8, 4) is 33.8 Å². The summed E-state index contributed by atoms with van der Waals surface area (Å²) in [5.74, 6) is -6.82. The minimum atomic E-state index is -1.21. The maximum Gasteiger partial charge on any atom is 0.311 e. The third kappa shape index (κ3) is 9.77. The molecule has 248 valence electrons. The van der Waals surface area contributed by atoms with E-state index < -0.39 is 46.7 Å². The lowest BCUT2D eigenvalue weighted by molar-refractivity contribution is -0.135. The standard InChI is InChI=1S/C39H40F4O4/c1-3-10-26-14-18-28(19-15-26)30-22-24-32(38(42)36(30)40)46-34(44)12-8-6-5-7-9-13-35(45)47-33-25-23-31(37(41)39(33)43)29-20-16-27(11-4-2)17-21-29/h14-25H,3-13H2,1-2H3. The quantitative estimate of drug-likeness (QED) is 0.0525. The number of benzene rings is 4. The number of ether oxygens (including phenoxy) is 2. The summed E-state index contributed by atoms with van der Waals surface area (Å²) in [4.78, 5) is 24.5. The van der Waals surface area contributed by atoms with Gasteiger partial charge in [-0.1, -0.05) is 94.5 Å². The molecular weight excluding hydrogens is 608 g/mol. The maximum absolute atomic E-state index is 14.8. The van der Waals surface area contributed by atoms with Crippen molar-refractivity contribution >= 4 is 11.9 Å². The number of halogens is 4. The van der Waals surface area contributed by atoms with Gasteiger partial charge in [-0.2, -0.15) is 8.78 Å². The third-order valence-electron chi connectivity index (χ3n) is 7.91. The summed E-state index contributed by atoms with van der Waals surface area (Å²) in [5, 5.41) is 0. The first-order chi connectivity index (χ1) is 22.7. The molecule has 4 aromatic rings. The third-order valence-corrected chi connectivity index (χ3v) is 7.91. The van der Waals surface area contributed by atoms with Crippen molar-refractivity contribution in [3.05, 3.63) is 107 Å². The first-order valence-corrected chi connectivity index (χ1v) is 16.3. The summed E-state index contributed by atoms with van der Waals surface area (Å²) >= 11 is 0. The van der Waals surface area contributed by atoms with Crippen LogP contribution in [0.2, 0.25) is 0 Å². The highest BCUT2D eigenvalue weighted by Gasteiger charge is 2.19. The molecule has 4 rings (SSSR count). The van der Waals surface area contributed by atoms with Gasteiger partial charge in [0.05, 0.1) is 0 Å². The number of aryl methyl sites for hydroxylation is 2. The normalized spacial score (nSPS) is 11.0. The smallest absolute Gasteiger partial charge is 0.311 e. The fraction of sp³-hybridized carbons (Fsp3) is 0.333. The topological polar surface area (TPSA) is 52.6 Å². The van der Waals surface area contributed by atoms with E-state index in [0.29, 0.717) is 43.2 Å². The molecule has 4 aromatic carbocycles. The van der Waals surface area contributed by atoms with Crippen LogP contribution in [-0.4, -0.2) is 11.9 Å². The number of esters is 2. The van der Waals surface area contributed by atoms with E-state index in [2.05, 4.69) is 13.8 Å². The zero-order valence-electron chi connectivity index (χ0n) is 26.9. The van der Waals surface area contributed by atoms with Gasteiger partial charge >= 0.3 is 11.9 Å². The molecule has 0 unspecified atom stereocenters. The average Bonchev–Trinajstić information content (AvgIpc) is 3.06. The van der Waals surface area contributed by atoms with Crippen LogP contribution in [0, 0.1) is 23.3 Å². The molecular formula is C39H40F4O4. The van der Waals surface area contributed by atoms with Crippen molar-refractivity contribution in [2.75, 3.05) is 0 Å². The predicted molar refractivity (Wildman–Crippen MR) is 175 cm³/mol. The molecule has 4 nitrogen and oxygen atoms in total. The van der Waals surface area contributed by atoms with E-state index in [-0.39, 0.29) is 24.0 Å². The highest BCUT2D eigenvalue weighted by atomic mass is 19.2. The summed E-state index contributed by atoms with van der Waals surface area (Å²) in [7, 11) is 0. The van der Waals surface area contributed by atoms with Gasteiger partial charge in [0.15, 0.2) is 23.1 Å². The van der Waals surface area contributed by atoms with Crippen molar-refractivity contribution in [1.29, 1.82) is 0 Å². The Morgan fingerprint density at radius 3 is 1.21 bits per heavy atom. The lowest BCUT2D eigenvalue weighted by atomic mass is 10.0. The Morgan fingerprint density at radius 1 is 0.489 bits per heavy atom. The lowest BCUT2D eigenvalue weighted by Gasteiger charge is -2.10. The molecule has 47 heavy (non-hydrogen) atoms. The van der Waals surface area contributed by atoms with Crippen LogP contribution in [0.3, 0.4) is 0 Å². The van der Waals surface area contributed by atoms with Gasteiger partial charge in [0.25, 0.3) is 0 Å². The van der Waals surface area contributed by atoms with Crippen LogP contribution >= 0.6 is 0 Å². The number of unbranched alkanes of at least 4 members (excludes halogenated alkanes) is 4. The number of hydrogen-bond donors (Lipinski definition) is 0. The van der Waals surface area contributed by atoms with Crippen LogP contribution < -0.4 is 9.47 Å². The molecule has 0 heterocycles. The Balaban J connectivity index is 1.15. The van der Waals surface area contributed by atoms with Gasteiger partial charge < -0.3 is 9.47 Å². The fourth-order valence-corrected chi connectivity index (χ4v) is 5.36. The Kier molecular flexibility index (Phi) is 13.1. The van der Waals surface area contributed by atoms with Crippen LogP contribution in [0.4, 0.5) is 17.6 Å². The van der Waals surface area contributed by atoms with Crippen molar-refractivity contribution in [2.45, 2.75) is 84.5 Å². The molecule has 8 heteroatoms. The monoisotopic (exact) mass is 648 g/mol. The first-order valence-electron chi connectivity index (χ1n) is 16.3. The molecule has 0 spiro atoms. The molecule has 0 radical (unpaired) electrons. The Hall–Kier alpha value is -4.46. The van der Waals surface area contributed by atoms with Crippen LogP contribution in [0.15, 0.2) is 72.8 Å². The van der Waals surface area contributed by atoms with Gasteiger partial charge in [-0.3, -0.25) is 9.59 Å². The van der Waals surface area contributed by atoms with Crippen LogP contribution in [0.1, 0.15) is 82.8 Å². The lowest BCUT2D eigenvalue weighted by Crippen LogP contribution is -2.10. The second-order valence-electron chi connectivity index (χ2n) is 11.6. The molecule has 0 fully saturated rings. The minimum Gasteiger partial charge on any atom is -0.423 e. The number of carbonyl (C=O) groups excluding carboxylic acids is 2. The van der Waals surface area contributed by atoms with Crippen LogP contribution in [0.5, 0.6) is 11.5 Å². The highest BCUT2D eigenvalue weighted by Crippen LogP contribution is 2.32. The summed E-state index contributed by atoms with van der Waals surface area (Å²) in [6, 6.07) is 19.8. The largest absolute Gasteiger partial charge is 0.423 e. The van der Waals surface area contributed by atoms with Gasteiger partial charge in [0, 0.05) is 24.0 Å². The zero-order chi connectivity index (χ0) is 33.8. The second-order valence-corrected chi connectivity index (χ2v) is 11.6. The molecule has 0 saturated heterocycles. The van der Waals surface area contributed by atoms with Gasteiger partial charge in [0.2, 0.25) is 11.6 Å². The van der Waals surface area contributed by atoms with Gasteiger partial charge in [-0.05, 0) is 72.2 Å². The van der Waals surface area contributed by atoms with Crippen LogP contribution in [-0.2, 0) is 22.4 Å². The molecule has 0 amide bonds. The summed E-state index contributed by atoms with van der Waals surface area (Å²) < 4.78 is 69.0. The fourth-order valence-electron chi connectivity index (χ4n) is 5.36. The first kappa shape index (κ1) is 35.4. The van der Waals surface area contributed by atoms with E-state index >= 15 is 0 Å². The summed E-state index contributed by atoms with van der Waals surface area (Å²) in [6.45, 7) is 4.13. The average molecular weight is 649 g/mol. The SMILES string of the molecule is CCCc1ccc(-c2ccc(OC(=O)CCCCCCCC(=O)Oc3ccc(-c4ccc(CCC)cc4)c(F)c3F)c(F)c2F)cc1. The van der Waals surface area contributed by atoms with Crippen molar-refractivity contribution < 1.29 is 36.6 Å². The van der Waals surface area contributed by atoms with E-state index in [9.17, 15) is 27.2 Å². The van der Waals surface area contributed by atoms with E-state index in [1.165, 1.54) is 24.3 Å². The van der Waals surface area contributed by atoms with Gasteiger partial charge in [-0.15, -0.1) is 0 Å². The van der Waals surface area contributed by atoms with Crippen molar-refractivity contribution in [1.82, 2.24) is 0 Å². The molecule has 0 aliphatic rings. The van der Waals surface area contributed by atoms with Gasteiger partial charge in [0.1, 0.15) is 0 Å². The highest BCUT2D eigenvalue weighted by molar-refractivity contribution is 5.74. The summed E-state index contributed by atoms with van der Waals surface area (Å²) in [5.41, 5.74) is 3.47. The van der Waals surface area contributed by atoms with Crippen molar-refractivity contribution in [3.63, 3.8) is 0 Å². The number of carbonyl (C=O) groups is 2. The Bertz CT molecular complexity index is 1530. The Morgan fingerprint density at radius 2 is 0.851 bits per heavy atom. The molecule has 0 aliphatic heterocycles. The molecule has 0 saturated carbocycles. The predicted octanol–water partition coefficient (Wildman–Crippen LogP) is 10.7. The van der Waals surface area contributed by atoms with Crippen molar-refractivity contribution in [2.24, 2.45) is 0 Å². The summed E-state index contributed by atoms with van der Waals surface area (Å²) in [6.07, 6.45) is 6.74. The molecule has 0 bridgehead atoms. The number of rotatable bonds is 16. The second kappa shape index (κ2) is 17.5. The Labute approximate surface area is 273 Å². The van der Waals surface area contributed by atoms with E-state index in [4.69, 9.17) is 9.47 Å². The van der Waals surface area contributed by atoms with Crippen LogP contribution in [0.25, 0.3) is 22.3 Å². The molecule has 0 aliphatic carbocycles. The zero-order valence-corrected chi connectivity index (χ0v) is 26.9. The van der Waals surface area contributed by atoms with E-state index in [0.717, 1.165) is 36.8 Å². The van der Waals surface area contributed by atoms with E-state index in [1.54, 1.807) is 24.3 Å². The minimum absolute atomic E-state index is 0.0213.